The first-order chi connectivity index (χ1) is 11.3. The Kier molecular flexibility index (Phi) is 12.3. The summed E-state index contributed by atoms with van der Waals surface area (Å²) >= 11 is 0. The van der Waals surface area contributed by atoms with Gasteiger partial charge in [-0.05, 0) is 12.8 Å². The van der Waals surface area contributed by atoms with Crippen molar-refractivity contribution in [2.45, 2.75) is 84.2 Å². The van der Waals surface area contributed by atoms with E-state index in [9.17, 15) is 4.79 Å². The minimum absolute atomic E-state index is 0.0127. The van der Waals surface area contributed by atoms with E-state index in [1.54, 1.807) is 0 Å². The predicted octanol–water partition coefficient (Wildman–Crippen LogP) is 3.65. The zero-order valence-electron chi connectivity index (χ0n) is 15.4. The molecule has 0 bridgehead atoms. The van der Waals surface area contributed by atoms with Crippen molar-refractivity contribution >= 4 is 5.91 Å². The van der Waals surface area contributed by atoms with Gasteiger partial charge in [-0.25, -0.2) is 0 Å². The lowest BCUT2D eigenvalue weighted by Crippen LogP contribution is -2.38. The minimum Gasteiger partial charge on any atom is -0.376 e. The average Bonchev–Trinajstić information content (AvgIpc) is 3.02. The van der Waals surface area contributed by atoms with Crippen LogP contribution in [0.1, 0.15) is 78.1 Å². The molecule has 0 unspecified atom stereocenters. The van der Waals surface area contributed by atoms with Crippen molar-refractivity contribution in [3.8, 4) is 0 Å². The number of carbonyl (C=O) groups excluding carboxylic acids is 1. The van der Waals surface area contributed by atoms with Gasteiger partial charge in [-0.2, -0.15) is 0 Å². The van der Waals surface area contributed by atoms with E-state index >= 15 is 0 Å². The standard InChI is InChI=1S/C19H38N2O2/c1-3-5-7-9-11-13-21-19(22)17-15-20-16-18(17)23-14-12-10-8-6-4-2/h17-18,20H,3-16H2,1-2H3,(H,21,22)/t17-,18+/m1/s1. The molecular weight excluding hydrogens is 288 g/mol. The van der Waals surface area contributed by atoms with Crippen LogP contribution in [-0.2, 0) is 9.53 Å². The largest absolute Gasteiger partial charge is 0.376 e. The van der Waals surface area contributed by atoms with Gasteiger partial charge in [0, 0.05) is 26.2 Å². The molecule has 136 valence electrons. The highest BCUT2D eigenvalue weighted by molar-refractivity contribution is 5.79. The van der Waals surface area contributed by atoms with Gasteiger partial charge < -0.3 is 15.4 Å². The van der Waals surface area contributed by atoms with Crippen molar-refractivity contribution in [1.29, 1.82) is 0 Å². The van der Waals surface area contributed by atoms with E-state index in [0.717, 1.165) is 39.1 Å². The second-order valence-corrected chi connectivity index (χ2v) is 6.79. The van der Waals surface area contributed by atoms with Crippen molar-refractivity contribution in [1.82, 2.24) is 10.6 Å². The highest BCUT2D eigenvalue weighted by atomic mass is 16.5. The van der Waals surface area contributed by atoms with Gasteiger partial charge in [0.25, 0.3) is 0 Å². The molecule has 0 aromatic heterocycles. The summed E-state index contributed by atoms with van der Waals surface area (Å²) < 4.78 is 5.95. The molecule has 0 saturated carbocycles. The fourth-order valence-corrected chi connectivity index (χ4v) is 3.10. The molecule has 4 heteroatoms. The third kappa shape index (κ3) is 9.31. The van der Waals surface area contributed by atoms with Crippen LogP contribution in [0.4, 0.5) is 0 Å². The van der Waals surface area contributed by atoms with Crippen molar-refractivity contribution in [2.75, 3.05) is 26.2 Å². The number of unbranched alkanes of at least 4 members (excludes halogenated alkanes) is 8. The first-order valence-electron chi connectivity index (χ1n) is 9.89. The topological polar surface area (TPSA) is 50.4 Å². The molecule has 23 heavy (non-hydrogen) atoms. The zero-order valence-corrected chi connectivity index (χ0v) is 15.4. The summed E-state index contributed by atoms with van der Waals surface area (Å²) in [6, 6.07) is 0. The van der Waals surface area contributed by atoms with Crippen LogP contribution in [0.3, 0.4) is 0 Å². The zero-order chi connectivity index (χ0) is 16.8. The van der Waals surface area contributed by atoms with Crippen LogP contribution in [0.15, 0.2) is 0 Å². The Balaban J connectivity index is 2.09. The van der Waals surface area contributed by atoms with Crippen molar-refractivity contribution < 1.29 is 9.53 Å². The van der Waals surface area contributed by atoms with Gasteiger partial charge in [-0.1, -0.05) is 65.2 Å². The van der Waals surface area contributed by atoms with Gasteiger partial charge in [0.2, 0.25) is 5.91 Å². The molecule has 0 spiro atoms. The van der Waals surface area contributed by atoms with Gasteiger partial charge in [0.1, 0.15) is 0 Å². The fraction of sp³-hybridized carbons (Fsp3) is 0.947. The Morgan fingerprint density at radius 2 is 1.61 bits per heavy atom. The molecule has 0 aliphatic carbocycles. The highest BCUT2D eigenvalue weighted by Gasteiger charge is 2.33. The number of nitrogens with one attached hydrogen (secondary N) is 2. The molecule has 1 fully saturated rings. The smallest absolute Gasteiger partial charge is 0.227 e. The third-order valence-electron chi connectivity index (χ3n) is 4.65. The van der Waals surface area contributed by atoms with Crippen LogP contribution in [-0.4, -0.2) is 38.3 Å². The van der Waals surface area contributed by atoms with Crippen LogP contribution in [0.2, 0.25) is 0 Å². The number of ether oxygens (including phenoxy) is 1. The van der Waals surface area contributed by atoms with E-state index in [1.165, 1.54) is 51.4 Å². The predicted molar refractivity (Wildman–Crippen MR) is 96.6 cm³/mol. The van der Waals surface area contributed by atoms with Gasteiger partial charge in [0.05, 0.1) is 12.0 Å². The maximum atomic E-state index is 12.3. The molecule has 1 rings (SSSR count). The first-order valence-corrected chi connectivity index (χ1v) is 9.89. The van der Waals surface area contributed by atoms with Crippen LogP contribution in [0, 0.1) is 5.92 Å². The molecule has 1 amide bonds. The Morgan fingerprint density at radius 1 is 0.957 bits per heavy atom. The summed E-state index contributed by atoms with van der Waals surface area (Å²) in [7, 11) is 0. The van der Waals surface area contributed by atoms with Crippen LogP contribution in [0.5, 0.6) is 0 Å². The lowest BCUT2D eigenvalue weighted by molar-refractivity contribution is -0.128. The third-order valence-corrected chi connectivity index (χ3v) is 4.65. The van der Waals surface area contributed by atoms with Crippen LogP contribution >= 0.6 is 0 Å². The normalized spacial score (nSPS) is 20.8. The summed E-state index contributed by atoms with van der Waals surface area (Å²) in [6.45, 7) is 7.61. The molecule has 1 heterocycles. The Morgan fingerprint density at radius 3 is 2.30 bits per heavy atom. The molecule has 1 aliphatic rings. The maximum absolute atomic E-state index is 12.3. The molecule has 0 aromatic carbocycles. The molecule has 2 N–H and O–H groups in total. The second kappa shape index (κ2) is 13.8. The van der Waals surface area contributed by atoms with Crippen LogP contribution < -0.4 is 10.6 Å². The Bertz CT molecular complexity index is 297. The first kappa shape index (κ1) is 20.4. The quantitative estimate of drug-likeness (QED) is 0.479. The lowest BCUT2D eigenvalue weighted by Gasteiger charge is -2.19. The molecule has 1 saturated heterocycles. The summed E-state index contributed by atoms with van der Waals surface area (Å²) in [5, 5.41) is 6.39. The second-order valence-electron chi connectivity index (χ2n) is 6.79. The van der Waals surface area contributed by atoms with Crippen molar-refractivity contribution in [3.63, 3.8) is 0 Å². The van der Waals surface area contributed by atoms with Crippen LogP contribution in [0.25, 0.3) is 0 Å². The highest BCUT2D eigenvalue weighted by Crippen LogP contribution is 2.14. The maximum Gasteiger partial charge on any atom is 0.227 e. The number of rotatable bonds is 14. The Hall–Kier alpha value is -0.610. The molecule has 0 radical (unpaired) electrons. The van der Waals surface area contributed by atoms with Crippen molar-refractivity contribution in [3.05, 3.63) is 0 Å². The summed E-state index contributed by atoms with van der Waals surface area (Å²) in [6.07, 6.45) is 12.4. The van der Waals surface area contributed by atoms with E-state index < -0.39 is 0 Å². The van der Waals surface area contributed by atoms with E-state index in [0.29, 0.717) is 0 Å². The monoisotopic (exact) mass is 326 g/mol. The molecule has 2 atom stereocenters. The van der Waals surface area contributed by atoms with Crippen molar-refractivity contribution in [2.24, 2.45) is 5.92 Å². The van der Waals surface area contributed by atoms with Gasteiger partial charge in [0.15, 0.2) is 0 Å². The number of hydrogen-bond acceptors (Lipinski definition) is 3. The SMILES string of the molecule is CCCCCCCNC(=O)[C@@H]1CNC[C@@H]1OCCCCCCC. The van der Waals surface area contributed by atoms with E-state index in [4.69, 9.17) is 4.74 Å². The lowest BCUT2D eigenvalue weighted by atomic mass is 10.1. The Labute approximate surface area is 143 Å². The summed E-state index contributed by atoms with van der Waals surface area (Å²) in [4.78, 5) is 12.3. The average molecular weight is 327 g/mol. The summed E-state index contributed by atoms with van der Waals surface area (Å²) in [5.41, 5.74) is 0. The minimum atomic E-state index is -0.0127. The van der Waals surface area contributed by atoms with Gasteiger partial charge in [-0.15, -0.1) is 0 Å². The fourth-order valence-electron chi connectivity index (χ4n) is 3.10. The molecule has 4 nitrogen and oxygen atoms in total. The molecular formula is C19H38N2O2. The summed E-state index contributed by atoms with van der Waals surface area (Å²) in [5.74, 6) is 0.155. The van der Waals surface area contributed by atoms with Gasteiger partial charge >= 0.3 is 0 Å². The number of amides is 1. The number of carbonyl (C=O) groups is 1. The number of hydrogen-bond donors (Lipinski definition) is 2. The molecule has 0 aromatic rings. The van der Waals surface area contributed by atoms with Gasteiger partial charge in [-0.3, -0.25) is 4.79 Å². The van der Waals surface area contributed by atoms with E-state index in [1.807, 2.05) is 0 Å². The van der Waals surface area contributed by atoms with E-state index in [2.05, 4.69) is 24.5 Å². The molecule has 1 aliphatic heterocycles. The van der Waals surface area contributed by atoms with E-state index in [-0.39, 0.29) is 17.9 Å².